The van der Waals surface area contributed by atoms with Crippen molar-refractivity contribution in [2.75, 3.05) is 0 Å². The predicted octanol–water partition coefficient (Wildman–Crippen LogP) is 1.60. The van der Waals surface area contributed by atoms with Crippen LogP contribution in [0.4, 0.5) is 18.0 Å². The number of cyclic esters (lactones) is 2. The van der Waals surface area contributed by atoms with Crippen molar-refractivity contribution in [1.82, 2.24) is 0 Å². The van der Waals surface area contributed by atoms with Gasteiger partial charge in [0, 0.05) is 6.08 Å². The van der Waals surface area contributed by atoms with E-state index in [1.807, 2.05) is 0 Å². The summed E-state index contributed by atoms with van der Waals surface area (Å²) in [5.41, 5.74) is 0. The van der Waals surface area contributed by atoms with E-state index in [9.17, 15) is 18.0 Å². The van der Waals surface area contributed by atoms with Gasteiger partial charge in [0.1, 0.15) is 0 Å². The first-order valence-corrected chi connectivity index (χ1v) is 2.61. The summed E-state index contributed by atoms with van der Waals surface area (Å²) in [6.07, 6.45) is -6.81. The van der Waals surface area contributed by atoms with Crippen molar-refractivity contribution >= 4 is 6.16 Å². The van der Waals surface area contributed by atoms with Crippen LogP contribution in [-0.2, 0) is 9.47 Å². The molecule has 62 valence electrons. The van der Waals surface area contributed by atoms with E-state index in [-0.39, 0.29) is 0 Å². The summed E-state index contributed by atoms with van der Waals surface area (Å²) < 4.78 is 42.9. The van der Waals surface area contributed by atoms with Gasteiger partial charge in [0.2, 0.25) is 6.10 Å². The largest absolute Gasteiger partial charge is 0.514 e. The number of carbonyl (C=O) groups is 1. The second-order valence-electron chi connectivity index (χ2n) is 1.78. The maximum Gasteiger partial charge on any atom is 0.514 e. The average molecular weight is 168 g/mol. The maximum absolute atomic E-state index is 11.7. The molecule has 0 saturated heterocycles. The molecule has 0 saturated carbocycles. The number of hydrogen-bond acceptors (Lipinski definition) is 3. The highest BCUT2D eigenvalue weighted by molar-refractivity contribution is 5.62. The molecule has 0 amide bonds. The van der Waals surface area contributed by atoms with Gasteiger partial charge in [0.05, 0.1) is 6.26 Å². The number of hydrogen-bond donors (Lipinski definition) is 0. The fourth-order valence-electron chi connectivity index (χ4n) is 0.513. The van der Waals surface area contributed by atoms with Gasteiger partial charge in [-0.1, -0.05) is 0 Å². The highest BCUT2D eigenvalue weighted by atomic mass is 19.4. The molecule has 6 heteroatoms. The van der Waals surface area contributed by atoms with Crippen LogP contribution in [0.5, 0.6) is 0 Å². The molecule has 1 aliphatic rings. The molecule has 0 fully saturated rings. The summed E-state index contributed by atoms with van der Waals surface area (Å²) in [5.74, 6) is 0. The molecule has 1 heterocycles. The van der Waals surface area contributed by atoms with Crippen molar-refractivity contribution in [3.8, 4) is 0 Å². The Kier molecular flexibility index (Phi) is 1.76. The van der Waals surface area contributed by atoms with E-state index in [4.69, 9.17) is 0 Å². The Balaban J connectivity index is 2.68. The molecule has 11 heavy (non-hydrogen) atoms. The lowest BCUT2D eigenvalue weighted by Gasteiger charge is -2.18. The first kappa shape index (κ1) is 7.90. The normalized spacial score (nSPS) is 24.3. The summed E-state index contributed by atoms with van der Waals surface area (Å²) >= 11 is 0. The average Bonchev–Trinajstić information content (AvgIpc) is 1.86. The first-order chi connectivity index (χ1) is 5.00. The summed E-state index contributed by atoms with van der Waals surface area (Å²) in [5, 5.41) is 0. The molecule has 0 spiro atoms. The van der Waals surface area contributed by atoms with E-state index in [2.05, 4.69) is 9.47 Å². The highest BCUT2D eigenvalue weighted by Crippen LogP contribution is 2.25. The van der Waals surface area contributed by atoms with Crippen LogP contribution in [0.2, 0.25) is 0 Å². The zero-order valence-electron chi connectivity index (χ0n) is 5.09. The monoisotopic (exact) mass is 168 g/mol. The van der Waals surface area contributed by atoms with E-state index in [0.717, 1.165) is 0 Å². The zero-order chi connectivity index (χ0) is 8.48. The Hall–Kier alpha value is -1.20. The smallest absolute Gasteiger partial charge is 0.417 e. The van der Waals surface area contributed by atoms with E-state index < -0.39 is 18.4 Å². The molecule has 0 aromatic carbocycles. The van der Waals surface area contributed by atoms with Crippen molar-refractivity contribution in [2.45, 2.75) is 12.3 Å². The molecule has 0 aromatic heterocycles. The van der Waals surface area contributed by atoms with Crippen LogP contribution in [0.15, 0.2) is 12.3 Å². The van der Waals surface area contributed by atoms with Crippen LogP contribution in [0.25, 0.3) is 0 Å². The summed E-state index contributed by atoms with van der Waals surface area (Å²) in [6.45, 7) is 0. The molecule has 0 aromatic rings. The molecule has 3 nitrogen and oxygen atoms in total. The molecule has 1 atom stereocenters. The minimum atomic E-state index is -4.56. The van der Waals surface area contributed by atoms with E-state index >= 15 is 0 Å². The Bertz CT molecular complexity index is 196. The molecule has 0 N–H and O–H groups in total. The minimum Gasteiger partial charge on any atom is -0.417 e. The molecular weight excluding hydrogens is 165 g/mol. The van der Waals surface area contributed by atoms with Crippen molar-refractivity contribution < 1.29 is 27.4 Å². The second kappa shape index (κ2) is 2.44. The van der Waals surface area contributed by atoms with Crippen LogP contribution in [0, 0.1) is 0 Å². The lowest BCUT2D eigenvalue weighted by molar-refractivity contribution is -0.195. The van der Waals surface area contributed by atoms with Crippen molar-refractivity contribution in [3.63, 3.8) is 0 Å². The molecule has 1 aliphatic heterocycles. The molecule has 0 aliphatic carbocycles. The fourth-order valence-corrected chi connectivity index (χ4v) is 0.513. The van der Waals surface area contributed by atoms with E-state index in [0.29, 0.717) is 12.3 Å². The van der Waals surface area contributed by atoms with Crippen LogP contribution >= 0.6 is 0 Å². The van der Waals surface area contributed by atoms with Crippen molar-refractivity contribution in [2.24, 2.45) is 0 Å². The second-order valence-corrected chi connectivity index (χ2v) is 1.78. The van der Waals surface area contributed by atoms with Crippen LogP contribution in [-0.4, -0.2) is 18.4 Å². The Morgan fingerprint density at radius 1 is 1.45 bits per heavy atom. The third kappa shape index (κ3) is 1.86. The predicted molar refractivity (Wildman–Crippen MR) is 26.5 cm³/mol. The van der Waals surface area contributed by atoms with Gasteiger partial charge in [0.15, 0.2) is 0 Å². The topological polar surface area (TPSA) is 35.5 Å². The SMILES string of the molecule is O=C1OC=CC(C(F)(F)F)O1. The Morgan fingerprint density at radius 2 is 2.09 bits per heavy atom. The Labute approximate surface area is 59.4 Å². The standard InChI is InChI=1S/C5H3F3O3/c6-5(7,8)3-1-2-10-4(9)11-3/h1-3H. The van der Waals surface area contributed by atoms with Gasteiger partial charge in [-0.05, 0) is 0 Å². The summed E-state index contributed by atoms with van der Waals surface area (Å²) in [6, 6.07) is 0. The van der Waals surface area contributed by atoms with Crippen LogP contribution in [0.3, 0.4) is 0 Å². The van der Waals surface area contributed by atoms with E-state index in [1.54, 1.807) is 0 Å². The van der Waals surface area contributed by atoms with E-state index in [1.165, 1.54) is 0 Å². The highest BCUT2D eigenvalue weighted by Gasteiger charge is 2.42. The lowest BCUT2D eigenvalue weighted by atomic mass is 10.3. The quantitative estimate of drug-likeness (QED) is 0.515. The molecule has 1 unspecified atom stereocenters. The summed E-state index contributed by atoms with van der Waals surface area (Å²) in [4.78, 5) is 10.1. The lowest BCUT2D eigenvalue weighted by Crippen LogP contribution is -2.34. The number of carbonyl (C=O) groups excluding carboxylic acids is 1. The fraction of sp³-hybridized carbons (Fsp3) is 0.400. The van der Waals surface area contributed by atoms with Crippen molar-refractivity contribution in [3.05, 3.63) is 12.3 Å². The molecule has 0 radical (unpaired) electrons. The minimum absolute atomic E-state index is 0.612. The third-order valence-corrected chi connectivity index (χ3v) is 0.963. The third-order valence-electron chi connectivity index (χ3n) is 0.963. The van der Waals surface area contributed by atoms with Gasteiger partial charge in [-0.25, -0.2) is 4.79 Å². The number of halogens is 3. The van der Waals surface area contributed by atoms with Crippen LogP contribution in [0.1, 0.15) is 0 Å². The number of rotatable bonds is 0. The number of ether oxygens (including phenoxy) is 2. The zero-order valence-corrected chi connectivity index (χ0v) is 5.09. The van der Waals surface area contributed by atoms with Gasteiger partial charge in [-0.3, -0.25) is 0 Å². The van der Waals surface area contributed by atoms with Gasteiger partial charge in [-0.15, -0.1) is 0 Å². The van der Waals surface area contributed by atoms with Gasteiger partial charge in [0.25, 0.3) is 0 Å². The molecule has 0 bridgehead atoms. The van der Waals surface area contributed by atoms with Crippen LogP contribution < -0.4 is 0 Å². The van der Waals surface area contributed by atoms with Gasteiger partial charge >= 0.3 is 12.3 Å². The molecule has 1 rings (SSSR count). The first-order valence-electron chi connectivity index (χ1n) is 2.61. The van der Waals surface area contributed by atoms with Gasteiger partial charge in [-0.2, -0.15) is 13.2 Å². The Morgan fingerprint density at radius 3 is 2.45 bits per heavy atom. The number of alkyl halides is 3. The molecular formula is C5H3F3O3. The van der Waals surface area contributed by atoms with Gasteiger partial charge < -0.3 is 9.47 Å². The van der Waals surface area contributed by atoms with Crippen molar-refractivity contribution in [1.29, 1.82) is 0 Å². The maximum atomic E-state index is 11.7. The summed E-state index contributed by atoms with van der Waals surface area (Å²) in [7, 11) is 0.